The van der Waals surface area contributed by atoms with Gasteiger partial charge >= 0.3 is 0 Å². The monoisotopic (exact) mass is 523 g/mol. The Morgan fingerprint density at radius 2 is 1.59 bits per heavy atom. The van der Waals surface area contributed by atoms with Gasteiger partial charge in [0, 0.05) is 12.1 Å². The number of Topliss-reactive ketones (excluding diaryl/α,β-unsaturated/α-hetero) is 1. The second-order valence-electron chi connectivity index (χ2n) is 11.6. The van der Waals surface area contributed by atoms with Crippen molar-refractivity contribution in [2.75, 3.05) is 6.61 Å². The van der Waals surface area contributed by atoms with Crippen LogP contribution in [0.25, 0.3) is 5.76 Å². The van der Waals surface area contributed by atoms with E-state index in [4.69, 9.17) is 4.74 Å². The zero-order valence-electron chi connectivity index (χ0n) is 23.3. The highest BCUT2D eigenvalue weighted by Gasteiger charge is 2.46. The van der Waals surface area contributed by atoms with Crippen LogP contribution in [0.5, 0.6) is 5.75 Å². The molecule has 1 N–H and O–H groups in total. The second kappa shape index (κ2) is 10.7. The minimum atomic E-state index is -0.693. The van der Waals surface area contributed by atoms with Gasteiger partial charge in [0.15, 0.2) is 0 Å². The average Bonchev–Trinajstić information content (AvgIpc) is 3.18. The Morgan fingerprint density at radius 3 is 2.23 bits per heavy atom. The Hall–Kier alpha value is -3.86. The van der Waals surface area contributed by atoms with Crippen LogP contribution >= 0.6 is 0 Å². The first-order valence-corrected chi connectivity index (χ1v) is 13.9. The number of carbonyl (C=O) groups excluding carboxylic acids is 2. The molecule has 1 atom stereocenters. The van der Waals surface area contributed by atoms with Gasteiger partial charge < -0.3 is 14.7 Å². The van der Waals surface area contributed by atoms with Crippen molar-refractivity contribution in [1.82, 2.24) is 4.90 Å². The first-order chi connectivity index (χ1) is 18.7. The number of likely N-dealkylation sites (tertiary alicyclic amines) is 1. The molecule has 0 aromatic heterocycles. The molecule has 1 fully saturated rings. The fourth-order valence-corrected chi connectivity index (χ4v) is 5.65. The zero-order valence-corrected chi connectivity index (χ0v) is 23.3. The van der Waals surface area contributed by atoms with Crippen LogP contribution in [-0.2, 0) is 34.4 Å². The van der Waals surface area contributed by atoms with Crippen molar-refractivity contribution >= 4 is 17.4 Å². The summed E-state index contributed by atoms with van der Waals surface area (Å²) >= 11 is 0. The maximum atomic E-state index is 13.5. The first kappa shape index (κ1) is 26.7. The lowest BCUT2D eigenvalue weighted by Crippen LogP contribution is -2.29. The average molecular weight is 524 g/mol. The van der Waals surface area contributed by atoms with Crippen LogP contribution in [0.1, 0.15) is 80.0 Å². The molecule has 1 amide bonds. The van der Waals surface area contributed by atoms with Crippen LogP contribution < -0.4 is 4.74 Å². The van der Waals surface area contributed by atoms with Gasteiger partial charge in [0.05, 0.1) is 18.2 Å². The summed E-state index contributed by atoms with van der Waals surface area (Å²) in [7, 11) is 0. The summed E-state index contributed by atoms with van der Waals surface area (Å²) in [5.41, 5.74) is 6.04. The van der Waals surface area contributed by atoms with Crippen LogP contribution in [0.4, 0.5) is 0 Å². The number of hydrogen-bond donors (Lipinski definition) is 1. The molecule has 1 aliphatic carbocycles. The van der Waals surface area contributed by atoms with E-state index in [-0.39, 0.29) is 23.3 Å². The standard InChI is InChI=1S/C34H37NO4/c1-5-39-28-18-10-22(11-19-28)21-35-30(24-14-16-27(17-15-24)34(2,3)4)29(32(37)33(35)38)31(36)26-13-12-23-8-6-7-9-25(23)20-26/h10-20,30,36H,5-9,21H2,1-4H3/b31-29-. The smallest absolute Gasteiger partial charge is 0.295 e. The molecule has 0 bridgehead atoms. The van der Waals surface area contributed by atoms with Gasteiger partial charge in [-0.1, -0.05) is 69.3 Å². The van der Waals surface area contributed by atoms with E-state index < -0.39 is 17.7 Å². The summed E-state index contributed by atoms with van der Waals surface area (Å²) in [6.07, 6.45) is 4.27. The molecule has 39 heavy (non-hydrogen) atoms. The predicted octanol–water partition coefficient (Wildman–Crippen LogP) is 6.88. The normalized spacial score (nSPS) is 18.8. The lowest BCUT2D eigenvalue weighted by atomic mass is 9.85. The number of nitrogens with zero attached hydrogens (tertiary/aromatic N) is 1. The van der Waals surface area contributed by atoms with E-state index in [9.17, 15) is 14.7 Å². The minimum absolute atomic E-state index is 0.0359. The number of hydrogen-bond acceptors (Lipinski definition) is 4. The van der Waals surface area contributed by atoms with E-state index in [2.05, 4.69) is 20.8 Å². The summed E-state index contributed by atoms with van der Waals surface area (Å²) in [6.45, 7) is 9.19. The predicted molar refractivity (Wildman–Crippen MR) is 154 cm³/mol. The Bertz CT molecular complexity index is 1410. The molecule has 0 spiro atoms. The van der Waals surface area contributed by atoms with Gasteiger partial charge in [0.2, 0.25) is 0 Å². The van der Waals surface area contributed by atoms with Crippen molar-refractivity contribution < 1.29 is 19.4 Å². The quantitative estimate of drug-likeness (QED) is 0.217. The molecule has 3 aromatic carbocycles. The molecular formula is C34H37NO4. The van der Waals surface area contributed by atoms with E-state index in [0.717, 1.165) is 41.7 Å². The number of benzene rings is 3. The number of amides is 1. The highest BCUT2D eigenvalue weighted by molar-refractivity contribution is 6.46. The summed E-state index contributed by atoms with van der Waals surface area (Å²) in [5.74, 6) is -0.611. The molecule has 0 radical (unpaired) electrons. The number of carbonyl (C=O) groups is 2. The fraction of sp³-hybridized carbons (Fsp3) is 0.353. The summed E-state index contributed by atoms with van der Waals surface area (Å²) < 4.78 is 5.56. The minimum Gasteiger partial charge on any atom is -0.507 e. The Labute approximate surface area is 231 Å². The van der Waals surface area contributed by atoms with Crippen molar-refractivity contribution in [2.24, 2.45) is 0 Å². The van der Waals surface area contributed by atoms with Crippen molar-refractivity contribution in [3.63, 3.8) is 0 Å². The molecule has 5 rings (SSSR count). The van der Waals surface area contributed by atoms with Crippen molar-refractivity contribution in [3.05, 3.63) is 106 Å². The number of ketones is 1. The van der Waals surface area contributed by atoms with Crippen molar-refractivity contribution in [2.45, 2.75) is 71.4 Å². The van der Waals surface area contributed by atoms with Gasteiger partial charge in [-0.25, -0.2) is 0 Å². The van der Waals surface area contributed by atoms with Crippen LogP contribution in [0.3, 0.4) is 0 Å². The lowest BCUT2D eigenvalue weighted by molar-refractivity contribution is -0.140. The maximum absolute atomic E-state index is 13.5. The molecule has 1 heterocycles. The Morgan fingerprint density at radius 1 is 0.923 bits per heavy atom. The van der Waals surface area contributed by atoms with E-state index in [1.807, 2.05) is 73.7 Å². The topological polar surface area (TPSA) is 66.8 Å². The van der Waals surface area contributed by atoms with Gasteiger partial charge in [0.25, 0.3) is 11.7 Å². The number of rotatable bonds is 6. The fourth-order valence-electron chi connectivity index (χ4n) is 5.65. The number of aryl methyl sites for hydroxylation is 2. The van der Waals surface area contributed by atoms with Crippen molar-refractivity contribution in [3.8, 4) is 5.75 Å². The molecule has 5 heteroatoms. The molecule has 1 saturated heterocycles. The van der Waals surface area contributed by atoms with E-state index >= 15 is 0 Å². The van der Waals surface area contributed by atoms with Gasteiger partial charge in [-0.15, -0.1) is 0 Å². The van der Waals surface area contributed by atoms with Gasteiger partial charge in [-0.2, -0.15) is 0 Å². The van der Waals surface area contributed by atoms with E-state index in [1.54, 1.807) is 4.90 Å². The number of aliphatic hydroxyl groups is 1. The van der Waals surface area contributed by atoms with Crippen LogP contribution in [0.15, 0.2) is 72.3 Å². The van der Waals surface area contributed by atoms with E-state index in [0.29, 0.717) is 12.2 Å². The third kappa shape index (κ3) is 5.36. The molecule has 1 unspecified atom stereocenters. The highest BCUT2D eigenvalue weighted by atomic mass is 16.5. The van der Waals surface area contributed by atoms with Crippen LogP contribution in [0.2, 0.25) is 0 Å². The maximum Gasteiger partial charge on any atom is 0.295 e. The largest absolute Gasteiger partial charge is 0.507 e. The number of ether oxygens (including phenoxy) is 1. The Kier molecular flexibility index (Phi) is 7.35. The molecule has 0 saturated carbocycles. The number of fused-ring (bicyclic) bond motifs is 1. The Balaban J connectivity index is 1.59. The summed E-state index contributed by atoms with van der Waals surface area (Å²) in [6, 6.07) is 20.8. The molecule has 5 nitrogen and oxygen atoms in total. The number of aliphatic hydroxyl groups excluding tert-OH is 1. The zero-order chi connectivity index (χ0) is 27.7. The molecule has 1 aliphatic heterocycles. The second-order valence-corrected chi connectivity index (χ2v) is 11.6. The van der Waals surface area contributed by atoms with E-state index in [1.165, 1.54) is 17.5 Å². The van der Waals surface area contributed by atoms with Gasteiger partial charge in [0.1, 0.15) is 11.5 Å². The molecular weight excluding hydrogens is 486 g/mol. The first-order valence-electron chi connectivity index (χ1n) is 13.9. The van der Waals surface area contributed by atoms with Gasteiger partial charge in [-0.3, -0.25) is 9.59 Å². The lowest BCUT2D eigenvalue weighted by Gasteiger charge is -2.27. The highest BCUT2D eigenvalue weighted by Crippen LogP contribution is 2.41. The SMILES string of the molecule is CCOc1ccc(CN2C(=O)C(=O)/C(=C(\O)c3ccc4c(c3)CCCC4)C2c2ccc(C(C)(C)C)cc2)cc1. The molecule has 202 valence electrons. The molecule has 2 aliphatic rings. The molecule has 3 aromatic rings. The van der Waals surface area contributed by atoms with Crippen LogP contribution in [-0.4, -0.2) is 28.3 Å². The summed E-state index contributed by atoms with van der Waals surface area (Å²) in [4.78, 5) is 28.6. The van der Waals surface area contributed by atoms with Crippen molar-refractivity contribution in [1.29, 1.82) is 0 Å². The summed E-state index contributed by atoms with van der Waals surface area (Å²) in [5, 5.41) is 11.6. The third-order valence-corrected chi connectivity index (χ3v) is 7.84. The third-order valence-electron chi connectivity index (χ3n) is 7.84. The van der Waals surface area contributed by atoms with Crippen LogP contribution in [0, 0.1) is 0 Å². The van der Waals surface area contributed by atoms with Gasteiger partial charge in [-0.05, 0) is 84.0 Å².